The monoisotopic (exact) mass is 388 g/mol. The molecule has 0 N–H and O–H groups in total. The minimum atomic E-state index is -1.24. The van der Waals surface area contributed by atoms with Crippen LogP contribution in [-0.2, 0) is 16.0 Å². The van der Waals surface area contributed by atoms with Gasteiger partial charge in [-0.15, -0.1) is 0 Å². The third-order valence-electron chi connectivity index (χ3n) is 5.42. The van der Waals surface area contributed by atoms with Gasteiger partial charge in [0.05, 0.1) is 6.61 Å². The van der Waals surface area contributed by atoms with Gasteiger partial charge in [-0.1, -0.05) is 50.7 Å². The molecule has 1 atom stereocenters. The van der Waals surface area contributed by atoms with Crippen molar-refractivity contribution < 1.29 is 14.3 Å². The SMILES string of the molecule is CC(=O)CCc1c2cccc1[C@H](CC[Si](C)(C)C)C(=O)CCCCCCO2. The molecule has 2 bridgehead atoms. The maximum absolute atomic E-state index is 13.2. The predicted octanol–water partition coefficient (Wildman–Crippen LogP) is 5.93. The average molecular weight is 389 g/mol. The van der Waals surface area contributed by atoms with Gasteiger partial charge in [0.25, 0.3) is 0 Å². The van der Waals surface area contributed by atoms with Crippen LogP contribution in [-0.4, -0.2) is 26.2 Å². The standard InChI is InChI=1S/C23H36O3Si/c1-18(24)13-14-21-19-10-9-12-23(21)26-16-8-6-5-7-11-22(25)20(19)15-17-27(2,3)4/h9-10,12,20H,5-8,11,13-17H2,1-4H3/t20-/m0/s1. The van der Waals surface area contributed by atoms with Crippen LogP contribution in [0.3, 0.4) is 0 Å². The van der Waals surface area contributed by atoms with Gasteiger partial charge >= 0.3 is 0 Å². The van der Waals surface area contributed by atoms with E-state index in [9.17, 15) is 9.59 Å². The first kappa shape index (κ1) is 21.9. The molecule has 0 spiro atoms. The van der Waals surface area contributed by atoms with Crippen molar-refractivity contribution in [1.29, 1.82) is 0 Å². The van der Waals surface area contributed by atoms with Crippen molar-refractivity contribution in [3.05, 3.63) is 29.3 Å². The topological polar surface area (TPSA) is 43.4 Å². The zero-order valence-corrected chi connectivity index (χ0v) is 18.6. The van der Waals surface area contributed by atoms with Gasteiger partial charge in [0, 0.05) is 26.8 Å². The molecule has 4 heteroatoms. The lowest BCUT2D eigenvalue weighted by molar-refractivity contribution is -0.120. The maximum Gasteiger partial charge on any atom is 0.140 e. The Balaban J connectivity index is 2.41. The van der Waals surface area contributed by atoms with E-state index >= 15 is 0 Å². The fourth-order valence-electron chi connectivity index (χ4n) is 3.79. The van der Waals surface area contributed by atoms with E-state index < -0.39 is 8.07 Å². The van der Waals surface area contributed by atoms with Crippen molar-refractivity contribution in [2.45, 2.75) is 89.9 Å². The molecule has 1 aliphatic rings. The Morgan fingerprint density at radius 1 is 1.15 bits per heavy atom. The minimum Gasteiger partial charge on any atom is -0.493 e. The Hall–Kier alpha value is -1.42. The summed E-state index contributed by atoms with van der Waals surface area (Å²) in [6.07, 6.45) is 6.96. The molecule has 0 radical (unpaired) electrons. The van der Waals surface area contributed by atoms with E-state index in [1.165, 1.54) is 0 Å². The van der Waals surface area contributed by atoms with Crippen molar-refractivity contribution in [2.75, 3.05) is 6.61 Å². The molecule has 1 heterocycles. The number of fused-ring (bicyclic) bond motifs is 2. The van der Waals surface area contributed by atoms with E-state index in [2.05, 4.69) is 25.7 Å². The molecule has 2 rings (SSSR count). The summed E-state index contributed by atoms with van der Waals surface area (Å²) in [5, 5.41) is 0. The number of Topliss-reactive ketones (excluding diaryl/α,β-unsaturated/α-hetero) is 2. The van der Waals surface area contributed by atoms with Crippen LogP contribution in [0.1, 0.15) is 68.9 Å². The molecule has 1 aliphatic heterocycles. The van der Waals surface area contributed by atoms with Gasteiger partial charge in [-0.2, -0.15) is 0 Å². The molecule has 1 aromatic rings. The van der Waals surface area contributed by atoms with Crippen LogP contribution in [0.2, 0.25) is 25.7 Å². The molecule has 0 saturated carbocycles. The molecule has 0 unspecified atom stereocenters. The zero-order valence-electron chi connectivity index (χ0n) is 17.6. The van der Waals surface area contributed by atoms with E-state index in [0.29, 0.717) is 31.7 Å². The summed E-state index contributed by atoms with van der Waals surface area (Å²) >= 11 is 0. The highest BCUT2D eigenvalue weighted by Gasteiger charge is 2.27. The van der Waals surface area contributed by atoms with Gasteiger partial charge in [-0.25, -0.2) is 0 Å². The number of ketones is 2. The fourth-order valence-corrected chi connectivity index (χ4v) is 4.95. The van der Waals surface area contributed by atoms with Gasteiger partial charge in [0.2, 0.25) is 0 Å². The highest BCUT2D eigenvalue weighted by atomic mass is 28.3. The Morgan fingerprint density at radius 2 is 1.89 bits per heavy atom. The van der Waals surface area contributed by atoms with E-state index in [0.717, 1.165) is 55.0 Å². The van der Waals surface area contributed by atoms with E-state index in [4.69, 9.17) is 4.74 Å². The molecular weight excluding hydrogens is 352 g/mol. The Bertz CT molecular complexity index is 646. The summed E-state index contributed by atoms with van der Waals surface area (Å²) < 4.78 is 6.10. The van der Waals surface area contributed by atoms with Crippen LogP contribution in [0.5, 0.6) is 5.75 Å². The fraction of sp³-hybridized carbons (Fsp3) is 0.652. The Kier molecular flexibility index (Phi) is 8.27. The molecule has 0 saturated heterocycles. The van der Waals surface area contributed by atoms with Crippen LogP contribution in [0, 0.1) is 0 Å². The molecule has 1 aromatic carbocycles. The Labute approximate surface area is 165 Å². The number of hydrogen-bond donors (Lipinski definition) is 0. The van der Waals surface area contributed by atoms with Gasteiger partial charge < -0.3 is 9.53 Å². The first-order chi connectivity index (χ1) is 12.8. The lowest BCUT2D eigenvalue weighted by Crippen LogP contribution is -2.23. The van der Waals surface area contributed by atoms with Gasteiger partial charge in [0.15, 0.2) is 0 Å². The minimum absolute atomic E-state index is 0.0540. The first-order valence-corrected chi connectivity index (χ1v) is 14.3. The lowest BCUT2D eigenvalue weighted by atomic mass is 9.84. The van der Waals surface area contributed by atoms with E-state index in [1.54, 1.807) is 6.92 Å². The summed E-state index contributed by atoms with van der Waals surface area (Å²) in [6.45, 7) is 9.44. The molecule has 0 fully saturated rings. The number of hydrogen-bond acceptors (Lipinski definition) is 3. The lowest BCUT2D eigenvalue weighted by Gasteiger charge is -2.25. The van der Waals surface area contributed by atoms with Crippen molar-refractivity contribution in [3.8, 4) is 5.75 Å². The van der Waals surface area contributed by atoms with Crippen LogP contribution in [0.15, 0.2) is 18.2 Å². The second-order valence-electron chi connectivity index (χ2n) is 9.16. The summed E-state index contributed by atoms with van der Waals surface area (Å²) in [6, 6.07) is 7.26. The van der Waals surface area contributed by atoms with Crippen LogP contribution >= 0.6 is 0 Å². The van der Waals surface area contributed by atoms with Crippen LogP contribution < -0.4 is 4.74 Å². The second kappa shape index (κ2) is 10.2. The molecule has 0 aliphatic carbocycles. The largest absolute Gasteiger partial charge is 0.493 e. The third-order valence-corrected chi connectivity index (χ3v) is 7.21. The quantitative estimate of drug-likeness (QED) is 0.567. The molecule has 150 valence electrons. The number of carbonyl (C=O) groups excluding carboxylic acids is 2. The Morgan fingerprint density at radius 3 is 2.59 bits per heavy atom. The van der Waals surface area contributed by atoms with Crippen molar-refractivity contribution in [3.63, 3.8) is 0 Å². The maximum atomic E-state index is 13.2. The molecule has 0 amide bonds. The summed E-state index contributed by atoms with van der Waals surface area (Å²) in [7, 11) is -1.24. The number of carbonyl (C=O) groups is 2. The number of rotatable bonds is 6. The zero-order chi connectivity index (χ0) is 19.9. The normalized spacial score (nSPS) is 19.0. The van der Waals surface area contributed by atoms with Crippen molar-refractivity contribution in [1.82, 2.24) is 0 Å². The average Bonchev–Trinajstić information content (AvgIpc) is 2.58. The smallest absolute Gasteiger partial charge is 0.140 e. The van der Waals surface area contributed by atoms with Crippen molar-refractivity contribution >= 4 is 19.6 Å². The van der Waals surface area contributed by atoms with Gasteiger partial charge in [0.1, 0.15) is 17.3 Å². The molecular formula is C23H36O3Si. The van der Waals surface area contributed by atoms with E-state index in [-0.39, 0.29) is 11.7 Å². The van der Waals surface area contributed by atoms with Gasteiger partial charge in [-0.05, 0) is 49.8 Å². The number of ether oxygens (including phenoxy) is 1. The number of benzene rings is 1. The van der Waals surface area contributed by atoms with Crippen LogP contribution in [0.25, 0.3) is 0 Å². The summed E-state index contributed by atoms with van der Waals surface area (Å²) in [5.74, 6) is 1.37. The predicted molar refractivity (Wildman–Crippen MR) is 115 cm³/mol. The van der Waals surface area contributed by atoms with Crippen LogP contribution in [0.4, 0.5) is 0 Å². The highest BCUT2D eigenvalue weighted by Crippen LogP contribution is 2.35. The second-order valence-corrected chi connectivity index (χ2v) is 14.8. The van der Waals surface area contributed by atoms with Gasteiger partial charge in [-0.3, -0.25) is 4.79 Å². The molecule has 0 aromatic heterocycles. The summed E-state index contributed by atoms with van der Waals surface area (Å²) in [5.41, 5.74) is 2.19. The summed E-state index contributed by atoms with van der Waals surface area (Å²) in [4.78, 5) is 24.8. The molecule has 3 nitrogen and oxygen atoms in total. The first-order valence-electron chi connectivity index (χ1n) is 10.5. The molecule has 27 heavy (non-hydrogen) atoms. The highest BCUT2D eigenvalue weighted by molar-refractivity contribution is 6.76. The van der Waals surface area contributed by atoms with Crippen molar-refractivity contribution in [2.24, 2.45) is 0 Å². The van der Waals surface area contributed by atoms with E-state index in [1.807, 2.05) is 12.1 Å². The third kappa shape index (κ3) is 7.25.